The highest BCUT2D eigenvalue weighted by molar-refractivity contribution is 6.23. The number of hydrogen-bond acceptors (Lipinski definition) is 14. The Morgan fingerprint density at radius 1 is 0.859 bits per heavy atom. The number of pyridine rings is 1. The molecule has 6 aliphatic heterocycles. The lowest BCUT2D eigenvalue weighted by atomic mass is 9.87. The van der Waals surface area contributed by atoms with Gasteiger partial charge in [0, 0.05) is 94.6 Å². The summed E-state index contributed by atoms with van der Waals surface area (Å²) in [5.41, 5.74) is 1.35. The van der Waals surface area contributed by atoms with Gasteiger partial charge in [-0.15, -0.1) is 6.42 Å². The topological polar surface area (TPSA) is 194 Å². The number of fused-ring (bicyclic) bond motifs is 5. The molecule has 366 valence electrons. The highest BCUT2D eigenvalue weighted by atomic mass is 19.1. The van der Waals surface area contributed by atoms with E-state index in [1.807, 2.05) is 11.0 Å². The van der Waals surface area contributed by atoms with E-state index in [4.69, 9.17) is 16.1 Å². The number of anilines is 1. The molecule has 0 radical (unpaired) electrons. The standard InChI is InChI=1S/C52H52F2N10O7/c1-2-35-40(53)9-5-31-22-34(65)24-38(44(31)35)46-45(54)47-39(25-55-46)48(63-26-32-6-7-33(27-63)56-32)59-52(58-47)71-21-3-14-60-17-19-61(20-18-60)28-43(67)62-15-12-29(13-16-62)30-4-8-36-37(23-30)51(70)64(50(36)69)41-10-11-42(66)57-49(41)68/h1,4-5,8-9,22-25,29,32-33,41,56,65H,3,6-7,10-21,26-28H2,(H,57,66,68). The van der Waals surface area contributed by atoms with Crippen LogP contribution in [0, 0.1) is 24.0 Å². The fourth-order valence-electron chi connectivity index (χ4n) is 11.4. The molecule has 0 saturated carbocycles. The van der Waals surface area contributed by atoms with Crippen molar-refractivity contribution in [2.24, 2.45) is 0 Å². The second kappa shape index (κ2) is 18.9. The fourth-order valence-corrected chi connectivity index (χ4v) is 11.4. The van der Waals surface area contributed by atoms with Gasteiger partial charge >= 0.3 is 6.01 Å². The van der Waals surface area contributed by atoms with Crippen molar-refractivity contribution < 1.29 is 42.6 Å². The van der Waals surface area contributed by atoms with Crippen LogP contribution in [0.1, 0.15) is 82.7 Å². The number of nitrogens with one attached hydrogen (secondary N) is 2. The van der Waals surface area contributed by atoms with Crippen molar-refractivity contribution in [3.05, 3.63) is 82.5 Å². The lowest BCUT2D eigenvalue weighted by molar-refractivity contribution is -0.136. The fraction of sp³-hybridized carbons (Fsp3) is 0.423. The quantitative estimate of drug-likeness (QED) is 0.0980. The van der Waals surface area contributed by atoms with Crippen LogP contribution < -0.4 is 20.3 Å². The summed E-state index contributed by atoms with van der Waals surface area (Å²) in [7, 11) is 0. The van der Waals surface area contributed by atoms with E-state index in [0.29, 0.717) is 68.6 Å². The van der Waals surface area contributed by atoms with Crippen molar-refractivity contribution in [2.75, 3.05) is 77.0 Å². The zero-order valence-corrected chi connectivity index (χ0v) is 39.0. The Bertz CT molecular complexity index is 3060. The van der Waals surface area contributed by atoms with Crippen molar-refractivity contribution in [3.8, 4) is 35.4 Å². The molecule has 71 heavy (non-hydrogen) atoms. The lowest BCUT2D eigenvalue weighted by Crippen LogP contribution is -2.54. The number of imide groups is 2. The molecule has 3 atom stereocenters. The minimum atomic E-state index is -1.02. The Morgan fingerprint density at radius 3 is 2.35 bits per heavy atom. The van der Waals surface area contributed by atoms with Crippen LogP contribution in [0.2, 0.25) is 0 Å². The molecular formula is C52H52F2N10O7. The van der Waals surface area contributed by atoms with Crippen LogP contribution in [-0.4, -0.2) is 159 Å². The monoisotopic (exact) mass is 966 g/mol. The molecule has 19 heteroatoms. The van der Waals surface area contributed by atoms with Gasteiger partial charge in [0.25, 0.3) is 11.8 Å². The van der Waals surface area contributed by atoms with Crippen LogP contribution in [0.5, 0.6) is 11.8 Å². The van der Waals surface area contributed by atoms with E-state index in [0.717, 1.165) is 56.0 Å². The minimum Gasteiger partial charge on any atom is -0.508 e. The molecule has 5 aromatic rings. The molecule has 5 fully saturated rings. The van der Waals surface area contributed by atoms with Crippen LogP contribution in [0.4, 0.5) is 14.6 Å². The van der Waals surface area contributed by atoms with Gasteiger partial charge in [0.1, 0.15) is 34.6 Å². The number of phenols is 1. The average molecular weight is 967 g/mol. The molecule has 2 aromatic heterocycles. The number of aromatic nitrogens is 3. The van der Waals surface area contributed by atoms with Crippen molar-refractivity contribution in [1.82, 2.24) is 45.2 Å². The number of piperazine rings is 2. The third-order valence-electron chi connectivity index (χ3n) is 15.1. The molecule has 0 aliphatic carbocycles. The maximum absolute atomic E-state index is 17.0. The van der Waals surface area contributed by atoms with Crippen LogP contribution in [0.15, 0.2) is 48.7 Å². The minimum absolute atomic E-state index is 0.0109. The van der Waals surface area contributed by atoms with Crippen LogP contribution in [0.25, 0.3) is 32.9 Å². The molecule has 6 aliphatic rings. The number of piperidine rings is 2. The smallest absolute Gasteiger partial charge is 0.319 e. The van der Waals surface area contributed by atoms with Crippen molar-refractivity contribution >= 4 is 57.0 Å². The number of hydrogen-bond donors (Lipinski definition) is 3. The van der Waals surface area contributed by atoms with Gasteiger partial charge in [0.15, 0.2) is 5.82 Å². The first kappa shape index (κ1) is 46.3. The van der Waals surface area contributed by atoms with Crippen molar-refractivity contribution in [3.63, 3.8) is 0 Å². The first-order chi connectivity index (χ1) is 34.4. The van der Waals surface area contributed by atoms with Crippen molar-refractivity contribution in [2.45, 2.75) is 69.0 Å². The molecule has 5 amide bonds. The van der Waals surface area contributed by atoms with Crippen molar-refractivity contribution in [1.29, 1.82) is 0 Å². The van der Waals surface area contributed by atoms with E-state index in [1.54, 1.807) is 12.1 Å². The summed E-state index contributed by atoms with van der Waals surface area (Å²) >= 11 is 0. The van der Waals surface area contributed by atoms with Gasteiger partial charge in [-0.3, -0.25) is 44.1 Å². The number of carbonyl (C=O) groups is 5. The second-order valence-corrected chi connectivity index (χ2v) is 19.4. The molecule has 0 spiro atoms. The van der Waals surface area contributed by atoms with Gasteiger partial charge in [-0.05, 0) is 85.7 Å². The third-order valence-corrected chi connectivity index (χ3v) is 15.1. The number of phenolic OH excluding ortho intramolecular Hbond substituents is 1. The zero-order chi connectivity index (χ0) is 49.1. The van der Waals surface area contributed by atoms with Crippen LogP contribution in [-0.2, 0) is 14.4 Å². The maximum atomic E-state index is 17.0. The van der Waals surface area contributed by atoms with E-state index < -0.39 is 41.3 Å². The van der Waals surface area contributed by atoms with Gasteiger partial charge in [0.05, 0.1) is 35.2 Å². The molecule has 3 N–H and O–H groups in total. The average Bonchev–Trinajstić information content (AvgIpc) is 3.84. The summed E-state index contributed by atoms with van der Waals surface area (Å²) in [6.45, 7) is 6.81. The number of benzene rings is 3. The third kappa shape index (κ3) is 8.78. The maximum Gasteiger partial charge on any atom is 0.319 e. The Labute approximate surface area is 407 Å². The van der Waals surface area contributed by atoms with E-state index in [9.17, 15) is 33.5 Å². The second-order valence-electron chi connectivity index (χ2n) is 19.4. The summed E-state index contributed by atoms with van der Waals surface area (Å²) in [5, 5.41) is 17.6. The lowest BCUT2D eigenvalue weighted by Gasteiger charge is -2.37. The van der Waals surface area contributed by atoms with Gasteiger partial charge in [-0.1, -0.05) is 18.1 Å². The van der Waals surface area contributed by atoms with Gasteiger partial charge in [-0.2, -0.15) is 9.97 Å². The molecular weight excluding hydrogens is 915 g/mol. The number of carbonyl (C=O) groups excluding carboxylic acids is 5. The number of ether oxygens (including phenoxy) is 1. The number of terminal acetylenes is 1. The Hall–Kier alpha value is -7.14. The Kier molecular flexibility index (Phi) is 12.3. The predicted molar refractivity (Wildman–Crippen MR) is 257 cm³/mol. The highest BCUT2D eigenvalue weighted by Gasteiger charge is 2.45. The first-order valence-electron chi connectivity index (χ1n) is 24.4. The number of nitrogens with zero attached hydrogens (tertiary/aromatic N) is 8. The molecule has 3 unspecified atom stereocenters. The number of rotatable bonds is 11. The number of likely N-dealkylation sites (tertiary alicyclic amines) is 1. The normalized spacial score (nSPS) is 22.1. The Morgan fingerprint density at radius 2 is 1.61 bits per heavy atom. The molecule has 3 aromatic carbocycles. The van der Waals surface area contributed by atoms with Crippen LogP contribution in [0.3, 0.4) is 0 Å². The molecule has 5 saturated heterocycles. The zero-order valence-electron chi connectivity index (χ0n) is 39.0. The molecule has 17 nitrogen and oxygen atoms in total. The van der Waals surface area contributed by atoms with E-state index in [2.05, 4.69) is 41.2 Å². The molecule has 8 heterocycles. The summed E-state index contributed by atoms with van der Waals surface area (Å²) in [5.74, 6) is -0.628. The van der Waals surface area contributed by atoms with Gasteiger partial charge in [-0.25, -0.2) is 8.78 Å². The number of halogens is 2. The first-order valence-corrected chi connectivity index (χ1v) is 24.4. The summed E-state index contributed by atoms with van der Waals surface area (Å²) in [6, 6.07) is 10.3. The highest BCUT2D eigenvalue weighted by Crippen LogP contribution is 2.40. The van der Waals surface area contributed by atoms with Gasteiger partial charge < -0.3 is 29.9 Å². The largest absolute Gasteiger partial charge is 0.508 e. The van der Waals surface area contributed by atoms with Crippen LogP contribution >= 0.6 is 0 Å². The van der Waals surface area contributed by atoms with E-state index >= 15 is 4.39 Å². The summed E-state index contributed by atoms with van der Waals surface area (Å²) in [6.07, 6.45) is 11.5. The molecule has 2 bridgehead atoms. The van der Waals surface area contributed by atoms with E-state index in [-0.39, 0.29) is 94.0 Å². The Balaban J connectivity index is 0.691. The SMILES string of the molecule is C#Cc1c(F)ccc2cc(O)cc(-c3ncc4c(N5CC6CCC(C5)N6)nc(OCCCN5CCN(CC(=O)N6CCC(c7ccc8c(c7)C(=O)N(C7CCC(=O)NC7=O)C8=O)CC6)CC5)nc4c3F)c12. The summed E-state index contributed by atoms with van der Waals surface area (Å²) < 4.78 is 38.1. The van der Waals surface area contributed by atoms with E-state index in [1.165, 1.54) is 30.5 Å². The number of aromatic hydroxyl groups is 1. The number of amides is 5. The predicted octanol–water partition coefficient (Wildman–Crippen LogP) is 3.94. The summed E-state index contributed by atoms with van der Waals surface area (Å²) in [4.78, 5) is 87.7. The molecule has 11 rings (SSSR count). The van der Waals surface area contributed by atoms with Gasteiger partial charge in [0.2, 0.25) is 17.7 Å².